The first-order valence-electron chi connectivity index (χ1n) is 14.4. The molecule has 0 aliphatic heterocycles. The maximum absolute atomic E-state index is 11.6. The van der Waals surface area contributed by atoms with Gasteiger partial charge in [-0.05, 0) is 79.8 Å². The van der Waals surface area contributed by atoms with Gasteiger partial charge in [0, 0.05) is 12.2 Å². The van der Waals surface area contributed by atoms with E-state index in [1.807, 2.05) is 24.3 Å². The van der Waals surface area contributed by atoms with Crippen LogP contribution in [0.4, 0.5) is 0 Å². The van der Waals surface area contributed by atoms with Gasteiger partial charge in [0.05, 0.1) is 12.7 Å². The maximum Gasteiger partial charge on any atom is 0.338 e. The highest BCUT2D eigenvalue weighted by molar-refractivity contribution is 5.88. The number of benzene rings is 2. The molecule has 0 saturated heterocycles. The van der Waals surface area contributed by atoms with Crippen molar-refractivity contribution in [1.29, 1.82) is 0 Å². The SMILES string of the molecule is C=C(C)C(=O)Oc1ccc(-c2ccc(OCCCCCCC3CCC(CCC(O)CCO)CC3)cc2)cc1. The highest BCUT2D eigenvalue weighted by Gasteiger charge is 2.21. The lowest BCUT2D eigenvalue weighted by molar-refractivity contribution is -0.130. The van der Waals surface area contributed by atoms with Crippen molar-refractivity contribution < 1.29 is 24.5 Å². The number of unbranched alkanes of at least 4 members (excludes halogenated alkanes) is 3. The Morgan fingerprint density at radius 3 is 1.97 bits per heavy atom. The zero-order chi connectivity index (χ0) is 27.2. The van der Waals surface area contributed by atoms with E-state index in [0.717, 1.165) is 54.6 Å². The summed E-state index contributed by atoms with van der Waals surface area (Å²) in [5.41, 5.74) is 2.52. The van der Waals surface area contributed by atoms with E-state index in [9.17, 15) is 9.90 Å². The van der Waals surface area contributed by atoms with Crippen molar-refractivity contribution in [1.82, 2.24) is 0 Å². The number of carbonyl (C=O) groups excluding carboxylic acids is 1. The van der Waals surface area contributed by atoms with Gasteiger partial charge in [-0.3, -0.25) is 0 Å². The van der Waals surface area contributed by atoms with Crippen molar-refractivity contribution in [2.24, 2.45) is 11.8 Å². The van der Waals surface area contributed by atoms with E-state index in [0.29, 0.717) is 17.7 Å². The molecular formula is C33H46O5. The molecule has 0 aromatic heterocycles. The van der Waals surface area contributed by atoms with Crippen molar-refractivity contribution in [2.45, 2.75) is 90.1 Å². The van der Waals surface area contributed by atoms with Crippen molar-refractivity contribution in [2.75, 3.05) is 13.2 Å². The lowest BCUT2D eigenvalue weighted by atomic mass is 9.78. The summed E-state index contributed by atoms with van der Waals surface area (Å²) in [6.07, 6.45) is 13.6. The van der Waals surface area contributed by atoms with Crippen molar-refractivity contribution >= 4 is 5.97 Å². The minimum absolute atomic E-state index is 0.0859. The zero-order valence-electron chi connectivity index (χ0n) is 23.1. The second kappa shape index (κ2) is 16.4. The second-order valence-electron chi connectivity index (χ2n) is 10.9. The summed E-state index contributed by atoms with van der Waals surface area (Å²) in [5.74, 6) is 2.63. The van der Waals surface area contributed by atoms with Gasteiger partial charge in [-0.1, -0.05) is 82.2 Å². The Bertz CT molecular complexity index is 958. The second-order valence-corrected chi connectivity index (χ2v) is 10.9. The zero-order valence-corrected chi connectivity index (χ0v) is 23.1. The molecule has 5 nitrogen and oxygen atoms in total. The molecule has 2 aromatic carbocycles. The first-order chi connectivity index (χ1) is 18.4. The van der Waals surface area contributed by atoms with Gasteiger partial charge < -0.3 is 19.7 Å². The average Bonchev–Trinajstić information content (AvgIpc) is 2.93. The number of aliphatic hydroxyl groups is 2. The fraction of sp³-hybridized carbons (Fsp3) is 0.545. The molecule has 0 heterocycles. The summed E-state index contributed by atoms with van der Waals surface area (Å²) in [4.78, 5) is 11.6. The van der Waals surface area contributed by atoms with Crippen LogP contribution in [0.15, 0.2) is 60.7 Å². The molecule has 3 rings (SSSR count). The van der Waals surface area contributed by atoms with Crippen LogP contribution in [0.3, 0.4) is 0 Å². The molecule has 0 radical (unpaired) electrons. The Balaban J connectivity index is 1.24. The van der Waals surface area contributed by atoms with E-state index in [1.54, 1.807) is 19.1 Å². The van der Waals surface area contributed by atoms with Crippen LogP contribution < -0.4 is 9.47 Å². The van der Waals surface area contributed by atoms with Crippen LogP contribution >= 0.6 is 0 Å². The van der Waals surface area contributed by atoms with Gasteiger partial charge >= 0.3 is 5.97 Å². The minimum atomic E-state index is -0.415. The fourth-order valence-corrected chi connectivity index (χ4v) is 5.26. The quantitative estimate of drug-likeness (QED) is 0.103. The number of rotatable bonds is 16. The molecule has 1 aliphatic rings. The van der Waals surface area contributed by atoms with Crippen LogP contribution in [-0.2, 0) is 4.79 Å². The van der Waals surface area contributed by atoms with Crippen LogP contribution in [0.1, 0.15) is 84.0 Å². The number of ether oxygens (including phenoxy) is 2. The van der Waals surface area contributed by atoms with Crippen molar-refractivity contribution in [3.63, 3.8) is 0 Å². The van der Waals surface area contributed by atoms with E-state index in [4.69, 9.17) is 14.6 Å². The summed E-state index contributed by atoms with van der Waals surface area (Å²) < 4.78 is 11.2. The van der Waals surface area contributed by atoms with Gasteiger partial charge in [0.2, 0.25) is 0 Å². The fourth-order valence-electron chi connectivity index (χ4n) is 5.26. The molecule has 0 bridgehead atoms. The van der Waals surface area contributed by atoms with E-state index < -0.39 is 5.97 Å². The Morgan fingerprint density at radius 2 is 1.39 bits per heavy atom. The predicted molar refractivity (Wildman–Crippen MR) is 153 cm³/mol. The van der Waals surface area contributed by atoms with Gasteiger partial charge in [-0.15, -0.1) is 0 Å². The molecule has 1 saturated carbocycles. The molecule has 0 amide bonds. The van der Waals surface area contributed by atoms with E-state index >= 15 is 0 Å². The molecule has 38 heavy (non-hydrogen) atoms. The van der Waals surface area contributed by atoms with E-state index in [-0.39, 0.29) is 12.7 Å². The number of hydrogen-bond acceptors (Lipinski definition) is 5. The highest BCUT2D eigenvalue weighted by atomic mass is 16.5. The minimum Gasteiger partial charge on any atom is -0.494 e. The Labute approximate surface area is 228 Å². The smallest absolute Gasteiger partial charge is 0.338 e. The molecule has 1 unspecified atom stereocenters. The Kier molecular flexibility index (Phi) is 12.9. The Morgan fingerprint density at radius 1 is 0.842 bits per heavy atom. The third-order valence-corrected chi connectivity index (χ3v) is 7.71. The molecule has 1 aliphatic carbocycles. The number of carbonyl (C=O) groups is 1. The molecule has 2 aromatic rings. The Hall–Kier alpha value is -2.63. The topological polar surface area (TPSA) is 76.0 Å². The van der Waals surface area contributed by atoms with Crippen LogP contribution in [0.5, 0.6) is 11.5 Å². The number of esters is 1. The third kappa shape index (κ3) is 10.6. The first kappa shape index (κ1) is 29.9. The van der Waals surface area contributed by atoms with E-state index in [1.165, 1.54) is 51.4 Å². The molecule has 1 fully saturated rings. The average molecular weight is 523 g/mol. The molecule has 5 heteroatoms. The third-order valence-electron chi connectivity index (χ3n) is 7.71. The van der Waals surface area contributed by atoms with Gasteiger partial charge in [0.25, 0.3) is 0 Å². The molecular weight excluding hydrogens is 476 g/mol. The van der Waals surface area contributed by atoms with Gasteiger partial charge in [-0.25, -0.2) is 4.79 Å². The van der Waals surface area contributed by atoms with Crippen LogP contribution in [0.25, 0.3) is 11.1 Å². The largest absolute Gasteiger partial charge is 0.494 e. The predicted octanol–water partition coefficient (Wildman–Crippen LogP) is 7.49. The molecule has 0 spiro atoms. The van der Waals surface area contributed by atoms with E-state index in [2.05, 4.69) is 18.7 Å². The van der Waals surface area contributed by atoms with Gasteiger partial charge in [0.1, 0.15) is 11.5 Å². The van der Waals surface area contributed by atoms with Crippen LogP contribution in [0.2, 0.25) is 0 Å². The lowest BCUT2D eigenvalue weighted by Gasteiger charge is -2.29. The van der Waals surface area contributed by atoms with Crippen LogP contribution in [-0.4, -0.2) is 35.5 Å². The number of aliphatic hydroxyl groups excluding tert-OH is 2. The molecule has 1 atom stereocenters. The van der Waals surface area contributed by atoms with Crippen LogP contribution in [0, 0.1) is 11.8 Å². The van der Waals surface area contributed by atoms with Crippen molar-refractivity contribution in [3.05, 3.63) is 60.7 Å². The maximum atomic E-state index is 11.6. The summed E-state index contributed by atoms with van der Waals surface area (Å²) >= 11 is 0. The van der Waals surface area contributed by atoms with Gasteiger partial charge in [-0.2, -0.15) is 0 Å². The highest BCUT2D eigenvalue weighted by Crippen LogP contribution is 2.34. The summed E-state index contributed by atoms with van der Waals surface area (Å²) in [6, 6.07) is 15.6. The molecule has 2 N–H and O–H groups in total. The van der Waals surface area contributed by atoms with Gasteiger partial charge in [0.15, 0.2) is 0 Å². The normalized spacial score (nSPS) is 18.1. The summed E-state index contributed by atoms with van der Waals surface area (Å²) in [5, 5.41) is 18.7. The summed E-state index contributed by atoms with van der Waals surface area (Å²) in [7, 11) is 0. The monoisotopic (exact) mass is 522 g/mol. The first-order valence-corrected chi connectivity index (χ1v) is 14.4. The lowest BCUT2D eigenvalue weighted by Crippen LogP contribution is -2.17. The summed E-state index contributed by atoms with van der Waals surface area (Å²) in [6.45, 7) is 6.06. The molecule has 208 valence electrons. The number of hydrogen-bond donors (Lipinski definition) is 2. The standard InChI is InChI=1S/C33H46O5/c1-25(2)33(36)38-32-20-15-29(16-21-32)28-13-18-31(19-14-28)37-24-6-4-3-5-7-26-8-10-27(11-9-26)12-17-30(35)22-23-34/h13-16,18-21,26-27,30,34-35H,1,3-12,17,22-24H2,2H3. The van der Waals surface area contributed by atoms with Crippen molar-refractivity contribution in [3.8, 4) is 22.6 Å².